The van der Waals surface area contributed by atoms with Crippen molar-refractivity contribution in [1.82, 2.24) is 4.57 Å². The van der Waals surface area contributed by atoms with Crippen LogP contribution in [0.1, 0.15) is 10.4 Å². The van der Waals surface area contributed by atoms with Crippen molar-refractivity contribution in [2.45, 2.75) is 16.3 Å². The summed E-state index contributed by atoms with van der Waals surface area (Å²) in [4.78, 5) is 17.1. The van der Waals surface area contributed by atoms with Crippen molar-refractivity contribution < 1.29 is 21.6 Å². The summed E-state index contributed by atoms with van der Waals surface area (Å²) in [6.07, 6.45) is 7.56. The van der Waals surface area contributed by atoms with E-state index in [1.807, 2.05) is 0 Å². The first-order chi connectivity index (χ1) is 13.5. The van der Waals surface area contributed by atoms with Gasteiger partial charge >= 0.3 is 0 Å². The van der Waals surface area contributed by atoms with Gasteiger partial charge in [-0.1, -0.05) is 29.4 Å². The number of nitrogens with zero attached hydrogens (tertiary/aromatic N) is 2. The second-order valence-electron chi connectivity index (χ2n) is 6.26. The molecule has 1 amide bonds. The van der Waals surface area contributed by atoms with E-state index in [2.05, 4.69) is 10.9 Å². The molecule has 10 heteroatoms. The van der Waals surface area contributed by atoms with Crippen molar-refractivity contribution in [3.63, 3.8) is 0 Å². The highest BCUT2D eigenvalue weighted by Gasteiger charge is 2.18. The Morgan fingerprint density at radius 1 is 1.10 bits per heavy atom. The number of aromatic nitrogens is 1. The zero-order chi connectivity index (χ0) is 21.4. The third-order valence-corrected chi connectivity index (χ3v) is 7.35. The number of rotatable bonds is 4. The molecule has 0 saturated carbocycles. The van der Waals surface area contributed by atoms with Crippen molar-refractivity contribution in [1.29, 1.82) is 0 Å². The number of hydrogen-bond donors (Lipinski definition) is 0. The summed E-state index contributed by atoms with van der Waals surface area (Å²) in [7, 11) is -7.03. The van der Waals surface area contributed by atoms with Crippen LogP contribution in [0.15, 0.2) is 57.2 Å². The number of sulfone groups is 2. The second-order valence-corrected chi connectivity index (χ2v) is 11.3. The second kappa shape index (κ2) is 7.59. The van der Waals surface area contributed by atoms with E-state index in [0.29, 0.717) is 10.2 Å². The maximum atomic E-state index is 12.8. The highest BCUT2D eigenvalue weighted by molar-refractivity contribution is 7.91. The molecule has 0 aliphatic heterocycles. The Morgan fingerprint density at radius 2 is 1.79 bits per heavy atom. The van der Waals surface area contributed by atoms with Gasteiger partial charge in [0, 0.05) is 12.5 Å². The summed E-state index contributed by atoms with van der Waals surface area (Å²) in [5.74, 6) is 1.75. The Bertz CT molecular complexity index is 1450. The summed E-state index contributed by atoms with van der Waals surface area (Å²) >= 11 is 1.10. The van der Waals surface area contributed by atoms with Crippen LogP contribution in [0.2, 0.25) is 0 Å². The predicted octanol–water partition coefficient (Wildman–Crippen LogP) is 1.88. The van der Waals surface area contributed by atoms with Crippen LogP contribution in [0, 0.1) is 12.3 Å². The Morgan fingerprint density at radius 3 is 2.41 bits per heavy atom. The van der Waals surface area contributed by atoms with Crippen molar-refractivity contribution in [3.05, 3.63) is 52.8 Å². The third kappa shape index (κ3) is 4.32. The first-order valence-electron chi connectivity index (χ1n) is 8.17. The maximum Gasteiger partial charge on any atom is 0.280 e. The molecule has 0 atom stereocenters. The standard InChI is InChI=1S/C19H16N2O5S3/c1-4-11-21-15-10-9-13(28(2,23)24)12-16(15)27-19(21)20-18(22)14-7-5-6-8-17(14)29(3,25)26/h1,5-10,12H,11H2,2-3H3. The van der Waals surface area contributed by atoms with Crippen molar-refractivity contribution in [2.24, 2.45) is 4.99 Å². The molecule has 150 valence electrons. The molecule has 0 radical (unpaired) electrons. The number of benzene rings is 2. The molecule has 3 aromatic rings. The molecular weight excluding hydrogens is 432 g/mol. The average molecular weight is 449 g/mol. The number of carbonyl (C=O) groups excluding carboxylic acids is 1. The molecule has 2 aromatic carbocycles. The van der Waals surface area contributed by atoms with Gasteiger partial charge in [0.2, 0.25) is 0 Å². The minimum Gasteiger partial charge on any atom is -0.305 e. The van der Waals surface area contributed by atoms with E-state index < -0.39 is 25.6 Å². The van der Waals surface area contributed by atoms with Gasteiger partial charge in [-0.3, -0.25) is 4.79 Å². The first-order valence-corrected chi connectivity index (χ1v) is 12.8. The normalized spacial score (nSPS) is 12.8. The zero-order valence-electron chi connectivity index (χ0n) is 15.5. The Labute approximate surface area is 172 Å². The number of amides is 1. The fraction of sp³-hybridized carbons (Fsp3) is 0.158. The van der Waals surface area contributed by atoms with Crippen LogP contribution in [-0.4, -0.2) is 39.8 Å². The molecule has 0 unspecified atom stereocenters. The van der Waals surface area contributed by atoms with Gasteiger partial charge in [0.15, 0.2) is 24.5 Å². The molecule has 0 N–H and O–H groups in total. The maximum absolute atomic E-state index is 12.8. The van der Waals surface area contributed by atoms with Gasteiger partial charge in [-0.25, -0.2) is 16.8 Å². The number of carbonyl (C=O) groups is 1. The van der Waals surface area contributed by atoms with Gasteiger partial charge in [-0.2, -0.15) is 4.99 Å². The summed E-state index contributed by atoms with van der Waals surface area (Å²) < 4.78 is 49.8. The number of hydrogen-bond acceptors (Lipinski definition) is 6. The molecule has 0 saturated heterocycles. The molecule has 0 spiro atoms. The van der Waals surface area contributed by atoms with Crippen molar-refractivity contribution >= 4 is 47.1 Å². The van der Waals surface area contributed by atoms with Crippen LogP contribution in [0.3, 0.4) is 0 Å². The molecule has 29 heavy (non-hydrogen) atoms. The summed E-state index contributed by atoms with van der Waals surface area (Å²) in [6.45, 7) is 0.109. The lowest BCUT2D eigenvalue weighted by Gasteiger charge is -2.04. The Hall–Kier alpha value is -2.74. The third-order valence-electron chi connectivity index (χ3n) is 4.05. The van der Waals surface area contributed by atoms with Crippen LogP contribution >= 0.6 is 11.3 Å². The van der Waals surface area contributed by atoms with E-state index in [9.17, 15) is 21.6 Å². The topological polar surface area (TPSA) is 103 Å². The Balaban J connectivity index is 2.24. The van der Waals surface area contributed by atoms with E-state index in [0.717, 1.165) is 23.8 Å². The lowest BCUT2D eigenvalue weighted by Crippen LogP contribution is -2.17. The van der Waals surface area contributed by atoms with Crippen molar-refractivity contribution in [2.75, 3.05) is 12.5 Å². The van der Waals surface area contributed by atoms with E-state index in [-0.39, 0.29) is 26.7 Å². The lowest BCUT2D eigenvalue weighted by molar-refractivity contribution is 0.0994. The Kier molecular flexibility index (Phi) is 5.49. The molecule has 0 aliphatic carbocycles. The fourth-order valence-electron chi connectivity index (χ4n) is 2.73. The van der Waals surface area contributed by atoms with Crippen LogP contribution in [0.25, 0.3) is 10.2 Å². The molecule has 1 heterocycles. The average Bonchev–Trinajstić information content (AvgIpc) is 2.97. The van der Waals surface area contributed by atoms with Crippen LogP contribution in [-0.2, 0) is 26.2 Å². The fourth-order valence-corrected chi connectivity index (χ4v) is 5.40. The van der Waals surface area contributed by atoms with Crippen LogP contribution in [0.5, 0.6) is 0 Å². The molecule has 7 nitrogen and oxygen atoms in total. The molecular formula is C19H16N2O5S3. The largest absolute Gasteiger partial charge is 0.305 e. The lowest BCUT2D eigenvalue weighted by atomic mass is 10.2. The van der Waals surface area contributed by atoms with Gasteiger partial charge in [-0.05, 0) is 30.3 Å². The van der Waals surface area contributed by atoms with E-state index >= 15 is 0 Å². The predicted molar refractivity (Wildman–Crippen MR) is 111 cm³/mol. The quantitative estimate of drug-likeness (QED) is 0.567. The van der Waals surface area contributed by atoms with Gasteiger partial charge in [0.1, 0.15) is 0 Å². The summed E-state index contributed by atoms with van der Waals surface area (Å²) in [5.41, 5.74) is 0.583. The van der Waals surface area contributed by atoms with Gasteiger partial charge in [0.05, 0.1) is 32.1 Å². The van der Waals surface area contributed by atoms with E-state index in [1.165, 1.54) is 30.3 Å². The minimum atomic E-state index is -3.62. The van der Waals surface area contributed by atoms with Gasteiger partial charge < -0.3 is 4.57 Å². The summed E-state index contributed by atoms with van der Waals surface area (Å²) in [5, 5.41) is 0. The van der Waals surface area contributed by atoms with Gasteiger partial charge in [-0.15, -0.1) is 6.42 Å². The van der Waals surface area contributed by atoms with Gasteiger partial charge in [0.25, 0.3) is 5.91 Å². The van der Waals surface area contributed by atoms with E-state index in [1.54, 1.807) is 16.7 Å². The number of fused-ring (bicyclic) bond motifs is 1. The van der Waals surface area contributed by atoms with Crippen LogP contribution in [0.4, 0.5) is 0 Å². The minimum absolute atomic E-state index is 0.0449. The number of terminal acetylenes is 1. The molecule has 0 bridgehead atoms. The number of thiazole rings is 1. The highest BCUT2D eigenvalue weighted by atomic mass is 32.2. The monoisotopic (exact) mass is 448 g/mol. The first kappa shape index (κ1) is 21.0. The van der Waals surface area contributed by atoms with Crippen molar-refractivity contribution in [3.8, 4) is 12.3 Å². The van der Waals surface area contributed by atoms with Crippen LogP contribution < -0.4 is 4.80 Å². The molecule has 3 rings (SSSR count). The molecule has 1 aromatic heterocycles. The zero-order valence-corrected chi connectivity index (χ0v) is 17.9. The molecule has 0 aliphatic rings. The smallest absolute Gasteiger partial charge is 0.280 e. The highest BCUT2D eigenvalue weighted by Crippen LogP contribution is 2.22. The SMILES string of the molecule is C#CCn1c(=NC(=O)c2ccccc2S(C)(=O)=O)sc2cc(S(C)(=O)=O)ccc21. The summed E-state index contributed by atoms with van der Waals surface area (Å²) in [6, 6.07) is 10.4. The molecule has 0 fully saturated rings. The van der Waals surface area contributed by atoms with E-state index in [4.69, 9.17) is 6.42 Å².